The van der Waals surface area contributed by atoms with Crippen molar-refractivity contribution in [3.8, 4) is 11.5 Å². The second-order valence-corrected chi connectivity index (χ2v) is 10.5. The molecule has 0 saturated heterocycles. The quantitative estimate of drug-likeness (QED) is 0.363. The van der Waals surface area contributed by atoms with Crippen molar-refractivity contribution in [2.45, 2.75) is 10.6 Å². The fraction of sp³-hybridized carbons (Fsp3) is 0.174. The number of benzene rings is 3. The lowest BCUT2D eigenvalue weighted by molar-refractivity contribution is -0.113. The van der Waals surface area contributed by atoms with Crippen LogP contribution in [0.15, 0.2) is 76.1 Å². The molecule has 0 aliphatic carbocycles. The highest BCUT2D eigenvalue weighted by molar-refractivity contribution is 9.10. The lowest BCUT2D eigenvalue weighted by atomic mass is 10.2. The minimum Gasteiger partial charge on any atom is -0.497 e. The van der Waals surface area contributed by atoms with E-state index in [0.717, 1.165) is 10.0 Å². The molecule has 0 bridgehead atoms. The molecule has 0 aliphatic rings. The number of hydrogen-bond acceptors (Lipinski definition) is 6. The predicted molar refractivity (Wildman–Crippen MR) is 136 cm³/mol. The number of amides is 1. The summed E-state index contributed by atoms with van der Waals surface area (Å²) >= 11 is 4.93. The smallest absolute Gasteiger partial charge is 0.262 e. The third kappa shape index (κ3) is 7.15. The average molecular weight is 551 g/mol. The van der Waals surface area contributed by atoms with Gasteiger partial charge in [0.2, 0.25) is 5.91 Å². The molecule has 0 unspecified atom stereocenters. The largest absolute Gasteiger partial charge is 0.497 e. The number of methoxy groups -OCH3 is 2. The van der Waals surface area contributed by atoms with E-state index in [0.29, 0.717) is 22.9 Å². The maximum absolute atomic E-state index is 12.8. The normalized spacial score (nSPS) is 11.0. The van der Waals surface area contributed by atoms with E-state index < -0.39 is 10.0 Å². The van der Waals surface area contributed by atoms with Gasteiger partial charge in [-0.15, -0.1) is 11.8 Å². The van der Waals surface area contributed by atoms with Crippen LogP contribution in [0.2, 0.25) is 0 Å². The van der Waals surface area contributed by atoms with Gasteiger partial charge in [-0.25, -0.2) is 8.42 Å². The summed E-state index contributed by atoms with van der Waals surface area (Å²) in [5.41, 5.74) is 1.90. The summed E-state index contributed by atoms with van der Waals surface area (Å²) in [4.78, 5) is 12.3. The summed E-state index contributed by atoms with van der Waals surface area (Å²) in [5, 5.41) is 2.78. The molecule has 0 aliphatic heterocycles. The van der Waals surface area contributed by atoms with E-state index in [1.54, 1.807) is 24.3 Å². The Morgan fingerprint density at radius 2 is 1.76 bits per heavy atom. The van der Waals surface area contributed by atoms with Gasteiger partial charge in [0.25, 0.3) is 10.0 Å². The molecular formula is C23H23BrN2O5S2. The van der Waals surface area contributed by atoms with Crippen LogP contribution in [-0.4, -0.2) is 34.3 Å². The van der Waals surface area contributed by atoms with Gasteiger partial charge in [-0.1, -0.05) is 28.1 Å². The molecule has 33 heavy (non-hydrogen) atoms. The third-order valence-electron chi connectivity index (χ3n) is 4.49. The molecule has 1 amide bonds. The maximum atomic E-state index is 12.8. The van der Waals surface area contributed by atoms with E-state index in [2.05, 4.69) is 26.0 Å². The van der Waals surface area contributed by atoms with Gasteiger partial charge in [0.15, 0.2) is 0 Å². The van der Waals surface area contributed by atoms with Crippen molar-refractivity contribution in [2.75, 3.05) is 30.0 Å². The van der Waals surface area contributed by atoms with Crippen LogP contribution in [0.4, 0.5) is 11.4 Å². The number of anilines is 2. The summed E-state index contributed by atoms with van der Waals surface area (Å²) in [6.45, 7) is 0. The van der Waals surface area contributed by atoms with Gasteiger partial charge in [-0.2, -0.15) is 0 Å². The van der Waals surface area contributed by atoms with Crippen LogP contribution in [0.3, 0.4) is 0 Å². The lowest BCUT2D eigenvalue weighted by Crippen LogP contribution is -2.15. The van der Waals surface area contributed by atoms with Crippen molar-refractivity contribution in [2.24, 2.45) is 0 Å². The van der Waals surface area contributed by atoms with Crippen molar-refractivity contribution in [1.82, 2.24) is 0 Å². The number of halogens is 1. The molecule has 3 aromatic carbocycles. The van der Waals surface area contributed by atoms with E-state index in [1.807, 2.05) is 24.3 Å². The summed E-state index contributed by atoms with van der Waals surface area (Å²) in [6, 6.07) is 18.7. The van der Waals surface area contributed by atoms with Crippen LogP contribution < -0.4 is 19.5 Å². The molecule has 0 fully saturated rings. The molecular weight excluding hydrogens is 528 g/mol. The van der Waals surface area contributed by atoms with Crippen LogP contribution in [0.5, 0.6) is 11.5 Å². The molecule has 3 rings (SSSR count). The van der Waals surface area contributed by atoms with E-state index in [-0.39, 0.29) is 22.2 Å². The Morgan fingerprint density at radius 3 is 2.42 bits per heavy atom. The van der Waals surface area contributed by atoms with Crippen LogP contribution in [0.25, 0.3) is 0 Å². The monoisotopic (exact) mass is 550 g/mol. The Hall–Kier alpha value is -2.69. The van der Waals surface area contributed by atoms with E-state index >= 15 is 0 Å². The average Bonchev–Trinajstić information content (AvgIpc) is 2.79. The van der Waals surface area contributed by atoms with Gasteiger partial charge in [0, 0.05) is 22.0 Å². The van der Waals surface area contributed by atoms with Crippen LogP contribution >= 0.6 is 27.7 Å². The molecule has 0 radical (unpaired) electrons. The van der Waals surface area contributed by atoms with Crippen LogP contribution in [0.1, 0.15) is 5.56 Å². The van der Waals surface area contributed by atoms with Crippen molar-refractivity contribution < 1.29 is 22.7 Å². The van der Waals surface area contributed by atoms with Crippen LogP contribution in [-0.2, 0) is 20.6 Å². The van der Waals surface area contributed by atoms with E-state index in [9.17, 15) is 13.2 Å². The van der Waals surface area contributed by atoms with Crippen molar-refractivity contribution in [3.63, 3.8) is 0 Å². The first-order valence-corrected chi connectivity index (χ1v) is 13.2. The molecule has 7 nitrogen and oxygen atoms in total. The second-order valence-electron chi connectivity index (χ2n) is 6.87. The standard InChI is InChI=1S/C23H23BrN2O5S2/c1-30-19-8-11-22(31-2)21(13-19)26-33(28,29)20-9-6-18(7-10-20)25-23(27)15-32-14-16-4-3-5-17(24)12-16/h3-13,26H,14-15H2,1-2H3,(H,25,27). The number of rotatable bonds is 10. The topological polar surface area (TPSA) is 93.7 Å². The minimum absolute atomic E-state index is 0.0504. The van der Waals surface area contributed by atoms with Gasteiger partial charge in [-0.05, 0) is 54.1 Å². The fourth-order valence-electron chi connectivity index (χ4n) is 2.90. The summed E-state index contributed by atoms with van der Waals surface area (Å²) in [5.74, 6) is 1.69. The molecule has 3 aromatic rings. The van der Waals surface area contributed by atoms with Gasteiger partial charge in [-0.3, -0.25) is 9.52 Å². The Morgan fingerprint density at radius 1 is 1.00 bits per heavy atom. The lowest BCUT2D eigenvalue weighted by Gasteiger charge is -2.13. The molecule has 0 atom stereocenters. The van der Waals surface area contributed by atoms with Gasteiger partial charge < -0.3 is 14.8 Å². The number of sulfonamides is 1. The highest BCUT2D eigenvalue weighted by Crippen LogP contribution is 2.31. The molecule has 0 heterocycles. The van der Waals surface area contributed by atoms with Crippen molar-refractivity contribution in [3.05, 3.63) is 76.8 Å². The first-order chi connectivity index (χ1) is 15.8. The SMILES string of the molecule is COc1ccc(OC)c(NS(=O)(=O)c2ccc(NC(=O)CSCc3cccc(Br)c3)cc2)c1. The zero-order chi connectivity index (χ0) is 23.8. The number of hydrogen-bond donors (Lipinski definition) is 2. The highest BCUT2D eigenvalue weighted by Gasteiger charge is 2.17. The second kappa shape index (κ2) is 11.4. The predicted octanol–water partition coefficient (Wildman–Crippen LogP) is 5.14. The minimum atomic E-state index is -3.87. The number of carbonyl (C=O) groups is 1. The zero-order valence-corrected chi connectivity index (χ0v) is 21.2. The Kier molecular flexibility index (Phi) is 8.65. The molecule has 174 valence electrons. The Labute approximate surface area is 206 Å². The first kappa shape index (κ1) is 24.9. The zero-order valence-electron chi connectivity index (χ0n) is 18.0. The highest BCUT2D eigenvalue weighted by atomic mass is 79.9. The Bertz CT molecular complexity index is 1220. The first-order valence-electron chi connectivity index (χ1n) is 9.77. The fourth-order valence-corrected chi connectivity index (χ4v) is 5.18. The van der Waals surface area contributed by atoms with Gasteiger partial charge in [0.05, 0.1) is 30.6 Å². The number of thioether (sulfide) groups is 1. The maximum Gasteiger partial charge on any atom is 0.262 e. The third-order valence-corrected chi connectivity index (χ3v) is 7.37. The molecule has 0 aromatic heterocycles. The molecule has 0 spiro atoms. The van der Waals surface area contributed by atoms with Gasteiger partial charge in [0.1, 0.15) is 11.5 Å². The number of ether oxygens (including phenoxy) is 2. The number of carbonyl (C=O) groups excluding carboxylic acids is 1. The Balaban J connectivity index is 1.59. The van der Waals surface area contributed by atoms with E-state index in [4.69, 9.17) is 9.47 Å². The van der Waals surface area contributed by atoms with Gasteiger partial charge >= 0.3 is 0 Å². The molecule has 0 saturated carbocycles. The summed E-state index contributed by atoms with van der Waals surface area (Å²) in [7, 11) is -0.926. The van der Waals surface area contributed by atoms with E-state index in [1.165, 1.54) is 44.2 Å². The summed E-state index contributed by atoms with van der Waals surface area (Å²) in [6.07, 6.45) is 0. The molecule has 10 heteroatoms. The van der Waals surface area contributed by atoms with Crippen molar-refractivity contribution in [1.29, 1.82) is 0 Å². The molecule has 2 N–H and O–H groups in total. The summed E-state index contributed by atoms with van der Waals surface area (Å²) < 4.78 is 39.5. The van der Waals surface area contributed by atoms with Crippen LogP contribution in [0, 0.1) is 0 Å². The number of nitrogens with one attached hydrogen (secondary N) is 2. The van der Waals surface area contributed by atoms with Crippen molar-refractivity contribution >= 4 is 55.0 Å².